The van der Waals surface area contributed by atoms with Crippen LogP contribution in [0.5, 0.6) is 0 Å². The Morgan fingerprint density at radius 1 is 1.50 bits per heavy atom. The van der Waals surface area contributed by atoms with Crippen molar-refractivity contribution in [3.05, 3.63) is 0 Å². The predicted octanol–water partition coefficient (Wildman–Crippen LogP) is 1.65. The lowest BCUT2D eigenvalue weighted by molar-refractivity contribution is 0.108. The van der Waals surface area contributed by atoms with Gasteiger partial charge in [-0.1, -0.05) is 0 Å². The molecule has 16 heavy (non-hydrogen) atoms. The number of amides is 1. The number of hydrogen-bond donors (Lipinski definition) is 2. The summed E-state index contributed by atoms with van der Waals surface area (Å²) < 4.78 is 5.44. The van der Waals surface area contributed by atoms with Gasteiger partial charge < -0.3 is 15.4 Å². The van der Waals surface area contributed by atoms with Crippen molar-refractivity contribution < 1.29 is 9.53 Å². The van der Waals surface area contributed by atoms with E-state index in [1.54, 1.807) is 0 Å². The van der Waals surface area contributed by atoms with Crippen LogP contribution in [0, 0.1) is 5.41 Å². The zero-order chi connectivity index (χ0) is 11.8. The van der Waals surface area contributed by atoms with E-state index in [9.17, 15) is 4.79 Å². The molecule has 2 unspecified atom stereocenters. The van der Waals surface area contributed by atoms with E-state index in [-0.39, 0.29) is 23.2 Å². The van der Waals surface area contributed by atoms with E-state index in [0.717, 1.165) is 19.5 Å². The van der Waals surface area contributed by atoms with Gasteiger partial charge in [0.05, 0.1) is 0 Å². The van der Waals surface area contributed by atoms with Gasteiger partial charge in [-0.25, -0.2) is 4.79 Å². The normalized spacial score (nSPS) is 33.6. The number of hydrogen-bond acceptors (Lipinski definition) is 3. The zero-order valence-corrected chi connectivity index (χ0v) is 10.4. The Hall–Kier alpha value is -0.770. The number of alkyl carbamates (subject to hydrolysis) is 1. The molecule has 1 saturated carbocycles. The molecule has 1 amide bonds. The number of ether oxygens (including phenoxy) is 1. The van der Waals surface area contributed by atoms with Crippen molar-refractivity contribution in [3.8, 4) is 0 Å². The zero-order valence-electron chi connectivity index (χ0n) is 10.4. The van der Waals surface area contributed by atoms with Gasteiger partial charge in [0, 0.05) is 17.5 Å². The summed E-state index contributed by atoms with van der Waals surface area (Å²) in [6.45, 7) is 7.97. The molecule has 0 bridgehead atoms. The molecule has 0 aromatic heterocycles. The molecule has 0 aromatic carbocycles. The molecule has 1 aliphatic heterocycles. The molecule has 0 aromatic rings. The van der Waals surface area contributed by atoms with Gasteiger partial charge in [0.2, 0.25) is 0 Å². The molecule has 2 rings (SSSR count). The molecule has 2 N–H and O–H groups in total. The highest BCUT2D eigenvalue weighted by molar-refractivity contribution is 5.68. The van der Waals surface area contributed by atoms with Crippen molar-refractivity contribution in [2.75, 3.05) is 13.1 Å². The van der Waals surface area contributed by atoms with Crippen LogP contribution < -0.4 is 10.6 Å². The Balaban J connectivity index is 1.78. The number of rotatable bonds is 1. The highest BCUT2D eigenvalue weighted by Crippen LogP contribution is 2.52. The van der Waals surface area contributed by atoms with Crippen molar-refractivity contribution in [1.82, 2.24) is 10.6 Å². The molecule has 4 heteroatoms. The largest absolute Gasteiger partial charge is 0.446 e. The van der Waals surface area contributed by atoms with E-state index < -0.39 is 0 Å². The summed E-state index contributed by atoms with van der Waals surface area (Å²) >= 11 is 0. The Labute approximate surface area is 97.1 Å². The molecule has 2 aliphatic rings. The monoisotopic (exact) mass is 226 g/mol. The molecule has 0 radical (unpaired) electrons. The number of piperidine rings is 1. The van der Waals surface area contributed by atoms with Crippen LogP contribution in [0.2, 0.25) is 0 Å². The second-order valence-electron chi connectivity index (χ2n) is 6.12. The summed E-state index contributed by atoms with van der Waals surface area (Å²) in [5.41, 5.74) is 0.0391. The van der Waals surface area contributed by atoms with E-state index in [0.29, 0.717) is 0 Å². The molecular weight excluding hydrogens is 204 g/mol. The first kappa shape index (κ1) is 11.7. The predicted molar refractivity (Wildman–Crippen MR) is 62.3 cm³/mol. The van der Waals surface area contributed by atoms with Crippen LogP contribution in [0.4, 0.5) is 4.79 Å². The van der Waals surface area contributed by atoms with Crippen LogP contribution in [0.15, 0.2) is 0 Å². The summed E-state index contributed by atoms with van der Waals surface area (Å²) in [6, 6.07) is 0. The fourth-order valence-electron chi connectivity index (χ4n) is 2.38. The molecule has 92 valence electrons. The maximum atomic E-state index is 11.6. The van der Waals surface area contributed by atoms with Crippen LogP contribution >= 0.6 is 0 Å². The van der Waals surface area contributed by atoms with Crippen LogP contribution in [-0.4, -0.2) is 30.8 Å². The minimum atomic E-state index is -0.278. The molecule has 1 aliphatic carbocycles. The quantitative estimate of drug-likeness (QED) is 0.715. The molecule has 1 saturated heterocycles. The van der Waals surface area contributed by atoms with Gasteiger partial charge in [-0.05, 0) is 46.6 Å². The summed E-state index contributed by atoms with van der Waals surface area (Å²) in [5.74, 6) is 0. The van der Waals surface area contributed by atoms with Crippen molar-refractivity contribution in [2.24, 2.45) is 5.41 Å². The molecule has 2 fully saturated rings. The Morgan fingerprint density at radius 3 is 2.81 bits per heavy atom. The molecule has 1 heterocycles. The summed E-state index contributed by atoms with van der Waals surface area (Å²) in [5, 5.41) is 6.21. The van der Waals surface area contributed by atoms with Crippen molar-refractivity contribution in [1.29, 1.82) is 0 Å². The molecule has 1 spiro atoms. The lowest BCUT2D eigenvalue weighted by Gasteiger charge is -2.24. The fraction of sp³-hybridized carbons (Fsp3) is 0.917. The van der Waals surface area contributed by atoms with Crippen molar-refractivity contribution in [3.63, 3.8) is 0 Å². The molecular formula is C12H22N2O2. The van der Waals surface area contributed by atoms with Gasteiger partial charge >= 0.3 is 6.09 Å². The summed E-state index contributed by atoms with van der Waals surface area (Å²) in [4.78, 5) is 11.6. The average Bonchev–Trinajstić information content (AvgIpc) is 2.75. The van der Waals surface area contributed by atoms with Crippen LogP contribution in [-0.2, 0) is 4.74 Å². The van der Waals surface area contributed by atoms with E-state index in [4.69, 9.17) is 4.74 Å². The van der Waals surface area contributed by atoms with E-state index in [2.05, 4.69) is 10.6 Å². The Morgan fingerprint density at radius 2 is 2.25 bits per heavy atom. The van der Waals surface area contributed by atoms with Crippen LogP contribution in [0.25, 0.3) is 0 Å². The van der Waals surface area contributed by atoms with Gasteiger partial charge in [0.1, 0.15) is 6.10 Å². The number of nitrogens with one attached hydrogen (secondary N) is 2. The minimum absolute atomic E-state index is 0.127. The highest BCUT2D eigenvalue weighted by Gasteiger charge is 2.57. The van der Waals surface area contributed by atoms with Crippen LogP contribution in [0.1, 0.15) is 40.0 Å². The first-order valence-electron chi connectivity index (χ1n) is 6.11. The molecule has 2 atom stereocenters. The lowest BCUT2D eigenvalue weighted by Crippen LogP contribution is -2.42. The van der Waals surface area contributed by atoms with Gasteiger partial charge in [0.15, 0.2) is 0 Å². The average molecular weight is 226 g/mol. The Kier molecular flexibility index (Phi) is 2.86. The van der Waals surface area contributed by atoms with Gasteiger partial charge in [-0.2, -0.15) is 0 Å². The lowest BCUT2D eigenvalue weighted by atomic mass is 9.96. The maximum absolute atomic E-state index is 11.6. The minimum Gasteiger partial charge on any atom is -0.446 e. The van der Waals surface area contributed by atoms with Crippen molar-refractivity contribution in [2.45, 2.75) is 51.7 Å². The smallest absolute Gasteiger partial charge is 0.407 e. The number of carbonyl (C=O) groups is 1. The topological polar surface area (TPSA) is 50.4 Å². The third-order valence-electron chi connectivity index (χ3n) is 3.35. The fourth-order valence-corrected chi connectivity index (χ4v) is 2.38. The standard InChI is InChI=1S/C12H22N2O2/c1-11(2,3)14-10(15)16-9-7-12(9)5-4-6-13-8-12/h9,13H,4-8H2,1-3H3,(H,14,15). The highest BCUT2D eigenvalue weighted by atomic mass is 16.6. The van der Waals surface area contributed by atoms with Crippen molar-refractivity contribution >= 4 is 6.09 Å². The maximum Gasteiger partial charge on any atom is 0.407 e. The Bertz CT molecular complexity index is 277. The molecule has 4 nitrogen and oxygen atoms in total. The van der Waals surface area contributed by atoms with Gasteiger partial charge in [0.25, 0.3) is 0 Å². The first-order chi connectivity index (χ1) is 7.41. The summed E-state index contributed by atoms with van der Waals surface area (Å²) in [6.07, 6.45) is 3.26. The third-order valence-corrected chi connectivity index (χ3v) is 3.35. The second kappa shape index (κ2) is 3.91. The van der Waals surface area contributed by atoms with E-state index in [1.165, 1.54) is 12.8 Å². The van der Waals surface area contributed by atoms with Crippen LogP contribution in [0.3, 0.4) is 0 Å². The summed E-state index contributed by atoms with van der Waals surface area (Å²) in [7, 11) is 0. The second-order valence-corrected chi connectivity index (χ2v) is 6.12. The SMILES string of the molecule is CC(C)(C)NC(=O)OC1CC12CCCNC2. The van der Waals surface area contributed by atoms with Gasteiger partial charge in [-0.3, -0.25) is 0 Å². The van der Waals surface area contributed by atoms with E-state index in [1.807, 2.05) is 20.8 Å². The van der Waals surface area contributed by atoms with Gasteiger partial charge in [-0.15, -0.1) is 0 Å². The van der Waals surface area contributed by atoms with E-state index >= 15 is 0 Å². The first-order valence-corrected chi connectivity index (χ1v) is 6.11. The number of carbonyl (C=O) groups excluding carboxylic acids is 1. The third kappa shape index (κ3) is 2.67.